The molecule has 1 atom stereocenters. The van der Waals surface area contributed by atoms with Crippen LogP contribution in [0.3, 0.4) is 0 Å². The summed E-state index contributed by atoms with van der Waals surface area (Å²) in [5.41, 5.74) is 19.6. The molecule has 15 heteroatoms. The van der Waals surface area contributed by atoms with Crippen LogP contribution in [0.5, 0.6) is 5.75 Å². The predicted molar refractivity (Wildman–Crippen MR) is 381 cm³/mol. The minimum atomic E-state index is 0.145. The summed E-state index contributed by atoms with van der Waals surface area (Å²) in [5.74, 6) is 5.20. The van der Waals surface area contributed by atoms with Gasteiger partial charge in [0.05, 0.1) is 46.1 Å². The fraction of sp³-hybridized carbons (Fsp3) is 0.403. The number of hydrogen-bond donors (Lipinski definition) is 2. The monoisotopic (exact) mass is 1320 g/mol. The molecule has 1 unspecified atom stereocenters. The van der Waals surface area contributed by atoms with E-state index in [1.165, 1.54) is 52.3 Å². The van der Waals surface area contributed by atoms with Crippen LogP contribution in [0.2, 0.25) is 5.02 Å². The van der Waals surface area contributed by atoms with Crippen LogP contribution in [0, 0.1) is 0 Å². The summed E-state index contributed by atoms with van der Waals surface area (Å²) in [4.78, 5) is 44.4. The number of carbonyl (C=O) groups is 2. The highest BCUT2D eigenvalue weighted by Crippen LogP contribution is 2.41. The lowest BCUT2D eigenvalue weighted by Crippen LogP contribution is -2.30. The second kappa shape index (κ2) is 36.0. The van der Waals surface area contributed by atoms with Gasteiger partial charge in [-0.05, 0) is 110 Å². The van der Waals surface area contributed by atoms with Crippen LogP contribution in [0.4, 0.5) is 0 Å². The maximum absolute atomic E-state index is 12.0. The summed E-state index contributed by atoms with van der Waals surface area (Å²) in [6.07, 6.45) is 18.5. The number of hydrogen-bond acceptors (Lipinski definition) is 9. The van der Waals surface area contributed by atoms with Gasteiger partial charge in [-0.15, -0.1) is 0 Å². The molecule has 0 aliphatic heterocycles. The van der Waals surface area contributed by atoms with Crippen LogP contribution in [0.25, 0.3) is 39.7 Å². The van der Waals surface area contributed by atoms with E-state index in [-0.39, 0.29) is 17.3 Å². The third kappa shape index (κ3) is 18.3. The molecule has 486 valence electrons. The summed E-state index contributed by atoms with van der Waals surface area (Å²) in [6, 6.07) is 46.8. The maximum Gasteiger partial charge on any atom is 0.181 e. The number of ether oxygens (including phenoxy) is 1. The van der Waals surface area contributed by atoms with Crippen molar-refractivity contribution in [1.82, 2.24) is 33.6 Å². The first-order valence-corrected chi connectivity index (χ1v) is 34.7. The molecule has 4 aliphatic rings. The Kier molecular flexibility index (Phi) is 27.5. The van der Waals surface area contributed by atoms with Crippen LogP contribution in [-0.4, -0.2) is 76.3 Å². The molecule has 8 aromatic rings. The number of amidine groups is 1. The molecule has 5 aromatic carbocycles. The number of unbranched alkanes of at least 4 members (excludes halogenated alkanes) is 5. The number of aromatic nitrogens is 6. The van der Waals surface area contributed by atoms with Crippen molar-refractivity contribution < 1.29 is 19.4 Å². The lowest BCUT2D eigenvalue weighted by molar-refractivity contribution is -0.114. The van der Waals surface area contributed by atoms with Crippen LogP contribution >= 0.6 is 27.5 Å². The number of fused-ring (bicyclic) bond motifs is 3. The molecule has 3 aromatic heterocycles. The third-order valence-corrected chi connectivity index (χ3v) is 18.4. The number of halogens is 2. The first-order chi connectivity index (χ1) is 44.8. The van der Waals surface area contributed by atoms with E-state index in [4.69, 9.17) is 37.0 Å². The lowest BCUT2D eigenvalue weighted by Gasteiger charge is -2.31. The maximum atomic E-state index is 12.0. The molecule has 3 heterocycles. The van der Waals surface area contributed by atoms with Crippen LogP contribution in [0.1, 0.15) is 187 Å². The van der Waals surface area contributed by atoms with Crippen molar-refractivity contribution in [3.8, 4) is 39.9 Å². The van der Waals surface area contributed by atoms with Crippen molar-refractivity contribution in [1.29, 1.82) is 0 Å². The Labute approximate surface area is 560 Å². The number of nitrogens with two attached hydrogens (primary N) is 1. The van der Waals surface area contributed by atoms with Crippen molar-refractivity contribution in [2.45, 2.75) is 182 Å². The van der Waals surface area contributed by atoms with Gasteiger partial charge in [0.15, 0.2) is 11.6 Å². The number of ketones is 2. The van der Waals surface area contributed by atoms with E-state index in [0.29, 0.717) is 34.2 Å². The van der Waals surface area contributed by atoms with Gasteiger partial charge in [0, 0.05) is 79.3 Å². The topological polar surface area (TPSA) is 159 Å². The van der Waals surface area contributed by atoms with Crippen LogP contribution in [0.15, 0.2) is 161 Å². The molecule has 3 N–H and O–H groups in total. The Hall–Kier alpha value is -7.65. The van der Waals surface area contributed by atoms with Crippen LogP contribution < -0.4 is 5.73 Å². The van der Waals surface area contributed by atoms with E-state index in [2.05, 4.69) is 154 Å². The molecule has 0 fully saturated rings. The molecule has 0 spiro atoms. The summed E-state index contributed by atoms with van der Waals surface area (Å²) in [7, 11) is 1.58. The Morgan fingerprint density at radius 1 is 0.620 bits per heavy atom. The fourth-order valence-electron chi connectivity index (χ4n) is 12.1. The molecule has 0 saturated heterocycles. The minimum absolute atomic E-state index is 0.145. The van der Waals surface area contributed by atoms with Gasteiger partial charge in [-0.1, -0.05) is 212 Å². The van der Waals surface area contributed by atoms with E-state index < -0.39 is 0 Å². The van der Waals surface area contributed by atoms with Crippen LogP contribution in [-0.2, 0) is 55.0 Å². The number of methoxy groups -OCH3 is 1. The van der Waals surface area contributed by atoms with Crippen molar-refractivity contribution in [2.24, 2.45) is 10.7 Å². The largest absolute Gasteiger partial charge is 0.508 e. The highest BCUT2D eigenvalue weighted by atomic mass is 79.9. The number of nitrogens with zero attached hydrogens (tertiary/aromatic N) is 8. The van der Waals surface area contributed by atoms with E-state index in [9.17, 15) is 14.7 Å². The van der Waals surface area contributed by atoms with Crippen molar-refractivity contribution in [2.75, 3.05) is 20.2 Å². The predicted octanol–water partition coefficient (Wildman–Crippen LogP) is 18.6. The van der Waals surface area contributed by atoms with Gasteiger partial charge in [-0.25, -0.2) is 15.0 Å². The second-order valence-electron chi connectivity index (χ2n) is 23.9. The van der Waals surface area contributed by atoms with E-state index in [0.717, 1.165) is 180 Å². The number of phenols is 1. The molecular formula is C77H95BrClN9O4. The summed E-state index contributed by atoms with van der Waals surface area (Å²) >= 11 is 9.63. The van der Waals surface area contributed by atoms with Gasteiger partial charge in [0.25, 0.3) is 0 Å². The number of allylic oxidation sites excluding steroid dienone is 3. The lowest BCUT2D eigenvalue weighted by atomic mass is 10.1. The quantitative estimate of drug-likeness (QED) is 0.0361. The first kappa shape index (κ1) is 70.2. The van der Waals surface area contributed by atoms with Gasteiger partial charge in [0.2, 0.25) is 0 Å². The van der Waals surface area contributed by atoms with Gasteiger partial charge in [-0.2, -0.15) is 0 Å². The number of phenolic OH excluding ortho intramolecular Hbond substituents is 1. The standard InChI is InChI=1S/C27H34ClN3O.C17H20N2.C16H18N2O.C11H16N2.C6H7BrO2/c1-3-5-16-30(19-21-12-13-22(32)18-23(21)28)25-15-14-24-26(25)31(17-6-4-2)27(29-24)20-10-8-7-9-11-20;1-3-4-12-19-16-13(2)10-11-15(16)18-17(19)14-8-6-5-7-9-14;1-2-3-11-18-15-13(9-10-14(15)19)17-16(18)12-7-5-4-6-8-12;1-2-3-9-13-11(12)10-7-5-4-6-8-10;1-9-5-3-2-4(8)6(5)7/h7-13,18,25,32H,3-6,14-17,19H2,1-2H3;5-9H,2-4,10-12H2,1H3;4-8H,2-3,9-11H2,1H3;4-8H,2-3,9H2,1H3,(H2,12,13);2-3H2,1H3. The molecule has 0 saturated carbocycles. The SMILES string of the molecule is C=C1CCc2nc(-c3ccccc3)n(CCCC)c21.CCCCN(Cc1ccc(O)cc1Cl)C1CCc2nc(-c3ccccc3)n(CCCC)c21.CCCCN=C(N)c1ccccc1.CCCCn1c(-c2ccccc2)nc2c1C(=O)CC2.COC1=C(Br)C(=O)CC1. The molecule has 0 radical (unpaired) electrons. The summed E-state index contributed by atoms with van der Waals surface area (Å²) < 4.78 is 12.5. The Bertz CT molecular complexity index is 3610. The molecular weight excluding hydrogens is 1230 g/mol. The zero-order chi connectivity index (χ0) is 65.4. The highest BCUT2D eigenvalue weighted by Gasteiger charge is 2.35. The Morgan fingerprint density at radius 3 is 1.62 bits per heavy atom. The van der Waals surface area contributed by atoms with Crippen molar-refractivity contribution >= 4 is 50.5 Å². The second-order valence-corrected chi connectivity index (χ2v) is 25.1. The molecule has 12 rings (SSSR count). The number of carbonyl (C=O) groups excluding carboxylic acids is 2. The number of rotatable bonds is 23. The summed E-state index contributed by atoms with van der Waals surface area (Å²) in [6.45, 7) is 20.8. The molecule has 0 bridgehead atoms. The minimum Gasteiger partial charge on any atom is -0.508 e. The van der Waals surface area contributed by atoms with E-state index >= 15 is 0 Å². The van der Waals surface area contributed by atoms with Gasteiger partial charge >= 0.3 is 0 Å². The fourth-order valence-corrected chi connectivity index (χ4v) is 12.9. The smallest absolute Gasteiger partial charge is 0.181 e. The van der Waals surface area contributed by atoms with Gasteiger partial charge in [0.1, 0.15) is 40.5 Å². The Balaban J connectivity index is 0.000000157. The number of benzene rings is 5. The zero-order valence-corrected chi connectivity index (χ0v) is 57.5. The zero-order valence-electron chi connectivity index (χ0n) is 55.1. The van der Waals surface area contributed by atoms with Crippen molar-refractivity contribution in [3.63, 3.8) is 0 Å². The number of Topliss-reactive ketones (excluding diaryl/α,β-unsaturated/α-hetero) is 2. The summed E-state index contributed by atoms with van der Waals surface area (Å²) in [5, 5.41) is 10.4. The highest BCUT2D eigenvalue weighted by molar-refractivity contribution is 9.12. The van der Waals surface area contributed by atoms with Gasteiger partial charge in [-0.3, -0.25) is 19.5 Å². The number of aliphatic imine (C=N–C) groups is 1. The third-order valence-electron chi connectivity index (χ3n) is 17.1. The molecule has 92 heavy (non-hydrogen) atoms. The normalized spacial score (nSPS) is 14.6. The Morgan fingerprint density at radius 2 is 1.11 bits per heavy atom. The molecule has 13 nitrogen and oxygen atoms in total. The van der Waals surface area contributed by atoms with Gasteiger partial charge < -0.3 is 29.3 Å². The molecule has 0 amide bonds. The van der Waals surface area contributed by atoms with Crippen molar-refractivity contribution in [3.05, 3.63) is 207 Å². The number of aromatic hydroxyl groups is 1. The average Bonchev–Trinajstić information content (AvgIpc) is 1.63. The number of imidazole rings is 3. The van der Waals surface area contributed by atoms with E-state index in [1.807, 2.05) is 54.6 Å². The van der Waals surface area contributed by atoms with E-state index in [1.54, 1.807) is 19.2 Å². The molecule has 4 aliphatic carbocycles. The first-order valence-electron chi connectivity index (χ1n) is 33.5. The average molecular weight is 1330 g/mol. The number of aryl methyl sites for hydroxylation is 3.